The Morgan fingerprint density at radius 2 is 1.90 bits per heavy atom. The molecule has 1 amide bonds. The average Bonchev–Trinajstić information content (AvgIpc) is 2.71. The molecule has 2 aromatic rings. The van der Waals surface area contributed by atoms with Crippen molar-refractivity contribution in [3.8, 4) is 0 Å². The van der Waals surface area contributed by atoms with Crippen LogP contribution < -0.4 is 16.0 Å². The average molecular weight is 510 g/mol. The molecule has 0 saturated carbocycles. The van der Waals surface area contributed by atoms with Gasteiger partial charge in [0.1, 0.15) is 0 Å². The van der Waals surface area contributed by atoms with E-state index in [4.69, 9.17) is 0 Å². The van der Waals surface area contributed by atoms with Crippen molar-refractivity contribution >= 4 is 35.8 Å². The van der Waals surface area contributed by atoms with Crippen molar-refractivity contribution < 1.29 is 4.79 Å². The van der Waals surface area contributed by atoms with Crippen molar-refractivity contribution in [2.75, 3.05) is 40.8 Å². The van der Waals surface area contributed by atoms with Gasteiger partial charge in [0.05, 0.1) is 0 Å². The van der Waals surface area contributed by atoms with Gasteiger partial charge in [0.15, 0.2) is 5.96 Å². The van der Waals surface area contributed by atoms with Gasteiger partial charge in [-0.3, -0.25) is 14.8 Å². The number of halogens is 1. The van der Waals surface area contributed by atoms with Crippen molar-refractivity contribution in [3.63, 3.8) is 0 Å². The number of likely N-dealkylation sites (N-methyl/N-ethyl adjacent to an activating group) is 1. The molecular weight excluding hydrogens is 479 g/mol. The van der Waals surface area contributed by atoms with E-state index in [2.05, 4.69) is 25.9 Å². The molecule has 0 saturated heterocycles. The molecule has 0 fully saturated rings. The van der Waals surface area contributed by atoms with E-state index < -0.39 is 0 Å². The lowest BCUT2D eigenvalue weighted by Crippen LogP contribution is -2.38. The minimum Gasteiger partial charge on any atom is -0.356 e. The van der Waals surface area contributed by atoms with Crippen LogP contribution in [0.2, 0.25) is 0 Å². The van der Waals surface area contributed by atoms with Crippen LogP contribution in [0.1, 0.15) is 21.6 Å². The molecule has 29 heavy (non-hydrogen) atoms. The van der Waals surface area contributed by atoms with Crippen LogP contribution in [-0.4, -0.2) is 62.5 Å². The molecule has 0 spiro atoms. The molecule has 2 rings (SSSR count). The molecule has 7 nitrogen and oxygen atoms in total. The molecule has 158 valence electrons. The number of carbonyl (C=O) groups is 1. The maximum atomic E-state index is 12.3. The van der Waals surface area contributed by atoms with Crippen LogP contribution in [0.4, 0.5) is 0 Å². The second kappa shape index (κ2) is 13.9. The van der Waals surface area contributed by atoms with E-state index in [9.17, 15) is 4.79 Å². The van der Waals surface area contributed by atoms with E-state index in [1.54, 1.807) is 13.2 Å². The van der Waals surface area contributed by atoms with Gasteiger partial charge in [0.25, 0.3) is 5.91 Å². The Balaban J connectivity index is 0.00000420. The van der Waals surface area contributed by atoms with E-state index in [-0.39, 0.29) is 29.9 Å². The first-order valence-electron chi connectivity index (χ1n) is 9.45. The van der Waals surface area contributed by atoms with Crippen LogP contribution in [0.15, 0.2) is 53.7 Å². The third kappa shape index (κ3) is 9.71. The van der Waals surface area contributed by atoms with E-state index in [1.807, 2.05) is 61.5 Å². The minimum atomic E-state index is -0.0541. The van der Waals surface area contributed by atoms with Gasteiger partial charge in [-0.05, 0) is 43.9 Å². The van der Waals surface area contributed by atoms with Gasteiger partial charge in [0, 0.05) is 57.1 Å². The van der Waals surface area contributed by atoms with Crippen LogP contribution in [0.3, 0.4) is 0 Å². The first kappa shape index (κ1) is 24.8. The van der Waals surface area contributed by atoms with Crippen molar-refractivity contribution in [2.45, 2.75) is 13.0 Å². The van der Waals surface area contributed by atoms with Crippen LogP contribution >= 0.6 is 24.0 Å². The first-order chi connectivity index (χ1) is 13.6. The van der Waals surface area contributed by atoms with Crippen LogP contribution in [0, 0.1) is 0 Å². The summed E-state index contributed by atoms with van der Waals surface area (Å²) in [7, 11) is 5.70. The fraction of sp³-hybridized carbons (Fsp3) is 0.381. The van der Waals surface area contributed by atoms with E-state index in [1.165, 1.54) is 0 Å². The Morgan fingerprint density at radius 3 is 2.59 bits per heavy atom. The molecule has 0 unspecified atom stereocenters. The quantitative estimate of drug-likeness (QED) is 0.273. The monoisotopic (exact) mass is 510 g/mol. The number of aromatic nitrogens is 1. The van der Waals surface area contributed by atoms with Gasteiger partial charge in [-0.2, -0.15) is 0 Å². The Labute approximate surface area is 190 Å². The molecular formula is C21H31IN6O. The zero-order valence-electron chi connectivity index (χ0n) is 17.3. The maximum absolute atomic E-state index is 12.3. The predicted molar refractivity (Wildman–Crippen MR) is 129 cm³/mol. The van der Waals surface area contributed by atoms with Crippen molar-refractivity contribution in [3.05, 3.63) is 65.5 Å². The van der Waals surface area contributed by atoms with E-state index in [0.717, 1.165) is 36.7 Å². The predicted octanol–water partition coefficient (Wildman–Crippen LogP) is 1.90. The van der Waals surface area contributed by atoms with Gasteiger partial charge < -0.3 is 20.9 Å². The lowest BCUT2D eigenvalue weighted by molar-refractivity contribution is 0.0951. The van der Waals surface area contributed by atoms with Gasteiger partial charge in [-0.1, -0.05) is 18.2 Å². The standard InChI is InChI=1S/C21H30N6O.HI/c1-22-21(25-12-10-19-9-4-5-11-23-19)26-16-17-7-6-8-18(15-17)20(28)24-13-14-27(2)3;/h4-9,11,15H,10,12-14,16H2,1-3H3,(H,24,28)(H2,22,25,26);1H. The highest BCUT2D eigenvalue weighted by atomic mass is 127. The number of pyridine rings is 1. The summed E-state index contributed by atoms with van der Waals surface area (Å²) in [6, 6.07) is 13.5. The number of benzene rings is 1. The second-order valence-corrected chi connectivity index (χ2v) is 6.68. The molecule has 0 aliphatic carbocycles. The molecule has 0 atom stereocenters. The zero-order chi connectivity index (χ0) is 20.2. The number of hydrogen-bond donors (Lipinski definition) is 3. The van der Waals surface area contributed by atoms with Crippen molar-refractivity contribution in [1.82, 2.24) is 25.8 Å². The fourth-order valence-corrected chi connectivity index (χ4v) is 2.58. The summed E-state index contributed by atoms with van der Waals surface area (Å²) in [5, 5.41) is 9.49. The third-order valence-electron chi connectivity index (χ3n) is 4.12. The van der Waals surface area contributed by atoms with Gasteiger partial charge in [-0.25, -0.2) is 0 Å². The number of rotatable bonds is 9. The number of nitrogens with zero attached hydrogens (tertiary/aromatic N) is 3. The van der Waals surface area contributed by atoms with Crippen molar-refractivity contribution in [2.24, 2.45) is 4.99 Å². The first-order valence-corrected chi connectivity index (χ1v) is 9.45. The molecule has 0 aliphatic heterocycles. The second-order valence-electron chi connectivity index (χ2n) is 6.68. The van der Waals surface area contributed by atoms with Gasteiger partial charge in [0.2, 0.25) is 0 Å². The number of carbonyl (C=O) groups excluding carboxylic acids is 1. The largest absolute Gasteiger partial charge is 0.356 e. The Kier molecular flexibility index (Phi) is 11.9. The fourth-order valence-electron chi connectivity index (χ4n) is 2.58. The topological polar surface area (TPSA) is 81.6 Å². The maximum Gasteiger partial charge on any atom is 0.251 e. The molecule has 0 bridgehead atoms. The molecule has 1 aromatic carbocycles. The van der Waals surface area contributed by atoms with E-state index >= 15 is 0 Å². The molecule has 0 aliphatic rings. The van der Waals surface area contributed by atoms with Gasteiger partial charge >= 0.3 is 0 Å². The normalized spacial score (nSPS) is 11.0. The summed E-state index contributed by atoms with van der Waals surface area (Å²) in [6.45, 7) is 2.77. The van der Waals surface area contributed by atoms with E-state index in [0.29, 0.717) is 18.7 Å². The van der Waals surface area contributed by atoms with Crippen molar-refractivity contribution in [1.29, 1.82) is 0 Å². The highest BCUT2D eigenvalue weighted by Gasteiger charge is 2.06. The summed E-state index contributed by atoms with van der Waals surface area (Å²) in [4.78, 5) is 22.8. The minimum absolute atomic E-state index is 0. The summed E-state index contributed by atoms with van der Waals surface area (Å²) in [6.07, 6.45) is 2.62. The lowest BCUT2D eigenvalue weighted by Gasteiger charge is -2.13. The smallest absolute Gasteiger partial charge is 0.251 e. The lowest BCUT2D eigenvalue weighted by atomic mass is 10.1. The number of nitrogens with one attached hydrogen (secondary N) is 3. The number of guanidine groups is 1. The molecule has 1 heterocycles. The SMILES string of the molecule is CN=C(NCCc1ccccn1)NCc1cccc(C(=O)NCCN(C)C)c1.I. The van der Waals surface area contributed by atoms with Crippen LogP contribution in [0.5, 0.6) is 0 Å². The zero-order valence-corrected chi connectivity index (χ0v) is 19.6. The highest BCUT2D eigenvalue weighted by molar-refractivity contribution is 14.0. The Morgan fingerprint density at radius 1 is 1.07 bits per heavy atom. The Bertz CT molecular complexity index is 767. The summed E-state index contributed by atoms with van der Waals surface area (Å²) >= 11 is 0. The molecule has 0 radical (unpaired) electrons. The molecule has 1 aromatic heterocycles. The number of aliphatic imine (C=N–C) groups is 1. The molecule has 8 heteroatoms. The summed E-state index contributed by atoms with van der Waals surface area (Å²) in [5.74, 6) is 0.665. The van der Waals surface area contributed by atoms with Crippen LogP contribution in [-0.2, 0) is 13.0 Å². The van der Waals surface area contributed by atoms with Gasteiger partial charge in [-0.15, -0.1) is 24.0 Å². The molecule has 3 N–H and O–H groups in total. The number of hydrogen-bond acceptors (Lipinski definition) is 4. The number of amides is 1. The Hall–Kier alpha value is -2.20. The van der Waals surface area contributed by atoms with Crippen LogP contribution in [0.25, 0.3) is 0 Å². The highest BCUT2D eigenvalue weighted by Crippen LogP contribution is 2.05. The summed E-state index contributed by atoms with van der Waals surface area (Å²) < 4.78 is 0. The third-order valence-corrected chi connectivity index (χ3v) is 4.12. The summed E-state index contributed by atoms with van der Waals surface area (Å²) in [5.41, 5.74) is 2.72.